The number of hydrogen-bond donors (Lipinski definition) is 1. The van der Waals surface area contributed by atoms with Crippen LogP contribution in [0.3, 0.4) is 0 Å². The lowest BCUT2D eigenvalue weighted by Gasteiger charge is -2.08. The van der Waals surface area contributed by atoms with Crippen LogP contribution in [0.4, 0.5) is 5.69 Å². The summed E-state index contributed by atoms with van der Waals surface area (Å²) in [5.74, 6) is 1.41. The van der Waals surface area contributed by atoms with Gasteiger partial charge in [0.2, 0.25) is 0 Å². The summed E-state index contributed by atoms with van der Waals surface area (Å²) in [5, 5.41) is 10.1. The summed E-state index contributed by atoms with van der Waals surface area (Å²) in [4.78, 5) is 5.24. The van der Waals surface area contributed by atoms with E-state index in [2.05, 4.69) is 20.0 Å². The van der Waals surface area contributed by atoms with E-state index >= 15 is 0 Å². The molecular formula is C16H19N5O3S2. The minimum atomic E-state index is -3.78. The maximum Gasteiger partial charge on any atom is 0.270 e. The van der Waals surface area contributed by atoms with Crippen LogP contribution in [-0.2, 0) is 16.6 Å². The molecule has 3 aromatic heterocycles. The normalized spacial score (nSPS) is 14.7. The monoisotopic (exact) mass is 393 g/mol. The molecule has 10 heteroatoms. The van der Waals surface area contributed by atoms with Crippen LogP contribution in [0.2, 0.25) is 0 Å². The lowest BCUT2D eigenvalue weighted by atomic mass is 10.4. The van der Waals surface area contributed by atoms with Crippen molar-refractivity contribution < 1.29 is 12.9 Å². The Labute approximate surface area is 155 Å². The van der Waals surface area contributed by atoms with Gasteiger partial charge in [-0.25, -0.2) is 8.42 Å². The van der Waals surface area contributed by atoms with Crippen molar-refractivity contribution >= 4 is 27.0 Å². The van der Waals surface area contributed by atoms with Crippen LogP contribution in [-0.4, -0.2) is 28.3 Å². The highest BCUT2D eigenvalue weighted by molar-refractivity contribution is 7.92. The number of nitrogens with one attached hydrogen (secondary N) is 1. The van der Waals surface area contributed by atoms with Gasteiger partial charge in [0.25, 0.3) is 15.9 Å². The van der Waals surface area contributed by atoms with E-state index in [0.717, 1.165) is 12.8 Å². The van der Waals surface area contributed by atoms with Crippen molar-refractivity contribution in [2.24, 2.45) is 0 Å². The van der Waals surface area contributed by atoms with Gasteiger partial charge in [-0.2, -0.15) is 10.1 Å². The zero-order valence-corrected chi connectivity index (χ0v) is 16.3. The fourth-order valence-electron chi connectivity index (χ4n) is 2.96. The number of hydrogen-bond acceptors (Lipinski definition) is 7. The molecule has 8 nitrogen and oxygen atoms in total. The summed E-state index contributed by atoms with van der Waals surface area (Å²) in [7, 11) is -3.78. The number of aromatic nitrogens is 4. The average Bonchev–Trinajstić information content (AvgIpc) is 3.01. The van der Waals surface area contributed by atoms with Crippen molar-refractivity contribution in [3.05, 3.63) is 28.7 Å². The second kappa shape index (κ2) is 6.20. The molecule has 4 rings (SSSR count). The van der Waals surface area contributed by atoms with Gasteiger partial charge in [0.15, 0.2) is 5.82 Å². The SMILES string of the molecule is CCn1nc(C)c(S(=O)(=O)Nc2ccsc2-c2nc(C3CC3)no2)c1C. The van der Waals surface area contributed by atoms with Crippen molar-refractivity contribution in [2.45, 2.75) is 51.0 Å². The molecule has 138 valence electrons. The smallest absolute Gasteiger partial charge is 0.270 e. The third-order valence-corrected chi connectivity index (χ3v) is 6.89. The van der Waals surface area contributed by atoms with E-state index in [1.807, 2.05) is 6.92 Å². The van der Waals surface area contributed by atoms with Crippen LogP contribution < -0.4 is 4.72 Å². The zero-order chi connectivity index (χ0) is 18.5. The Morgan fingerprint density at radius 3 is 2.81 bits per heavy atom. The quantitative estimate of drug-likeness (QED) is 0.689. The largest absolute Gasteiger partial charge is 0.333 e. The molecule has 1 fully saturated rings. The van der Waals surface area contributed by atoms with Gasteiger partial charge < -0.3 is 4.52 Å². The molecule has 0 spiro atoms. The Hall–Kier alpha value is -2.20. The first-order chi connectivity index (χ1) is 12.4. The highest BCUT2D eigenvalue weighted by Gasteiger charge is 2.30. The third kappa shape index (κ3) is 2.92. The molecule has 3 aromatic rings. The Kier molecular flexibility index (Phi) is 4.11. The molecular weight excluding hydrogens is 374 g/mol. The minimum Gasteiger partial charge on any atom is -0.333 e. The van der Waals surface area contributed by atoms with Crippen LogP contribution in [0.25, 0.3) is 10.8 Å². The molecule has 0 radical (unpaired) electrons. The molecule has 3 heterocycles. The van der Waals surface area contributed by atoms with Crippen molar-refractivity contribution in [3.8, 4) is 10.8 Å². The Morgan fingerprint density at radius 1 is 1.38 bits per heavy atom. The number of sulfonamides is 1. The molecule has 0 bridgehead atoms. The highest BCUT2D eigenvalue weighted by Crippen LogP contribution is 2.40. The molecule has 1 aliphatic rings. The van der Waals surface area contributed by atoms with Gasteiger partial charge in [-0.15, -0.1) is 11.3 Å². The predicted molar refractivity (Wildman–Crippen MR) is 97.8 cm³/mol. The highest BCUT2D eigenvalue weighted by atomic mass is 32.2. The molecule has 0 aromatic carbocycles. The van der Waals surface area contributed by atoms with Crippen molar-refractivity contribution in [2.75, 3.05) is 4.72 Å². The van der Waals surface area contributed by atoms with Gasteiger partial charge in [0.1, 0.15) is 9.77 Å². The Balaban J connectivity index is 1.67. The molecule has 0 unspecified atom stereocenters. The molecule has 1 saturated carbocycles. The van der Waals surface area contributed by atoms with E-state index in [4.69, 9.17) is 4.52 Å². The van der Waals surface area contributed by atoms with Crippen LogP contribution in [0.1, 0.15) is 42.9 Å². The molecule has 0 atom stereocenters. The first-order valence-corrected chi connectivity index (χ1v) is 10.7. The van der Waals surface area contributed by atoms with Gasteiger partial charge in [-0.3, -0.25) is 9.40 Å². The van der Waals surface area contributed by atoms with Gasteiger partial charge in [-0.1, -0.05) is 5.16 Å². The molecule has 26 heavy (non-hydrogen) atoms. The van der Waals surface area contributed by atoms with E-state index < -0.39 is 10.0 Å². The van der Waals surface area contributed by atoms with Crippen LogP contribution in [0.5, 0.6) is 0 Å². The van der Waals surface area contributed by atoms with Gasteiger partial charge in [-0.05, 0) is 45.1 Å². The standard InChI is InChI=1S/C16H19N5O3S2/c1-4-21-10(3)14(9(2)18-21)26(22,23)20-12-7-8-25-13(12)16-17-15(19-24-16)11-5-6-11/h7-8,11,20H,4-6H2,1-3H3. The maximum absolute atomic E-state index is 13.0. The fraction of sp³-hybridized carbons (Fsp3) is 0.438. The van der Waals surface area contributed by atoms with Gasteiger partial charge in [0.05, 0.1) is 17.1 Å². The molecule has 0 aliphatic heterocycles. The van der Waals surface area contributed by atoms with E-state index in [0.29, 0.717) is 46.1 Å². The van der Waals surface area contributed by atoms with E-state index in [1.165, 1.54) is 11.3 Å². The number of aryl methyl sites for hydroxylation is 2. The van der Waals surface area contributed by atoms with E-state index in [9.17, 15) is 8.42 Å². The average molecular weight is 393 g/mol. The number of rotatable bonds is 6. The van der Waals surface area contributed by atoms with Crippen LogP contribution >= 0.6 is 11.3 Å². The van der Waals surface area contributed by atoms with E-state index in [-0.39, 0.29) is 4.90 Å². The van der Waals surface area contributed by atoms with Crippen molar-refractivity contribution in [1.29, 1.82) is 0 Å². The van der Waals surface area contributed by atoms with Gasteiger partial charge in [0, 0.05) is 12.5 Å². The second-order valence-electron chi connectivity index (χ2n) is 6.32. The minimum absolute atomic E-state index is 0.209. The van der Waals surface area contributed by atoms with Crippen molar-refractivity contribution in [3.63, 3.8) is 0 Å². The summed E-state index contributed by atoms with van der Waals surface area (Å²) >= 11 is 1.36. The molecule has 0 saturated heterocycles. The summed E-state index contributed by atoms with van der Waals surface area (Å²) in [6.07, 6.45) is 2.14. The summed E-state index contributed by atoms with van der Waals surface area (Å²) in [5.41, 5.74) is 1.52. The predicted octanol–water partition coefficient (Wildman–Crippen LogP) is 3.31. The third-order valence-electron chi connectivity index (χ3n) is 4.37. The van der Waals surface area contributed by atoms with Crippen LogP contribution in [0.15, 0.2) is 20.9 Å². The first-order valence-electron chi connectivity index (χ1n) is 8.39. The summed E-state index contributed by atoms with van der Waals surface area (Å²) in [6, 6.07) is 1.70. The van der Waals surface area contributed by atoms with E-state index in [1.54, 1.807) is 30.0 Å². The number of nitrogens with zero attached hydrogens (tertiary/aromatic N) is 4. The Morgan fingerprint density at radius 2 is 2.15 bits per heavy atom. The zero-order valence-electron chi connectivity index (χ0n) is 14.7. The van der Waals surface area contributed by atoms with Crippen molar-refractivity contribution in [1.82, 2.24) is 19.9 Å². The lowest BCUT2D eigenvalue weighted by molar-refractivity contribution is 0.423. The molecule has 1 N–H and O–H groups in total. The van der Waals surface area contributed by atoms with Crippen LogP contribution in [0, 0.1) is 13.8 Å². The first kappa shape index (κ1) is 17.2. The summed E-state index contributed by atoms with van der Waals surface area (Å²) < 4.78 is 35.6. The van der Waals surface area contributed by atoms with Gasteiger partial charge >= 0.3 is 0 Å². The molecule has 0 amide bonds. The summed E-state index contributed by atoms with van der Waals surface area (Å²) in [6.45, 7) is 5.99. The number of thiophene rings is 1. The maximum atomic E-state index is 13.0. The Bertz CT molecular complexity index is 1060. The lowest BCUT2D eigenvalue weighted by Crippen LogP contribution is -2.15. The molecule has 1 aliphatic carbocycles. The number of anilines is 1. The topological polar surface area (TPSA) is 103 Å². The second-order valence-corrected chi connectivity index (χ2v) is 8.85. The fourth-order valence-corrected chi connectivity index (χ4v) is 5.28.